The first kappa shape index (κ1) is 26.1. The Morgan fingerprint density at radius 2 is 1.82 bits per heavy atom. The maximum atomic E-state index is 10.6. The third-order valence-electron chi connectivity index (χ3n) is 5.25. The van der Waals surface area contributed by atoms with Gasteiger partial charge in [-0.1, -0.05) is 5.16 Å². The monoisotopic (exact) mass is 526 g/mol. The van der Waals surface area contributed by atoms with E-state index in [0.29, 0.717) is 5.82 Å². The second kappa shape index (κ2) is 10.5. The Bertz CT molecular complexity index is 1540. The maximum Gasteiger partial charge on any atom is 0.490 e. The molecule has 196 valence electrons. The number of aliphatic carboxylic acids is 1. The summed E-state index contributed by atoms with van der Waals surface area (Å²) in [5.41, 5.74) is 7.26. The minimum atomic E-state index is -5.08. The quantitative estimate of drug-likeness (QED) is 0.287. The minimum absolute atomic E-state index is 0.705. The molecule has 0 saturated heterocycles. The van der Waals surface area contributed by atoms with Crippen molar-refractivity contribution in [3.63, 3.8) is 0 Å². The first-order chi connectivity index (χ1) is 18.0. The second-order valence-corrected chi connectivity index (χ2v) is 8.03. The lowest BCUT2D eigenvalue weighted by molar-refractivity contribution is -0.192. The van der Waals surface area contributed by atoms with E-state index >= 15 is 0 Å². The van der Waals surface area contributed by atoms with Gasteiger partial charge < -0.3 is 14.9 Å². The molecule has 0 atom stereocenters. The van der Waals surface area contributed by atoms with Crippen molar-refractivity contribution in [3.05, 3.63) is 72.4 Å². The van der Waals surface area contributed by atoms with Gasteiger partial charge in [0.1, 0.15) is 29.9 Å². The highest BCUT2D eigenvalue weighted by atomic mass is 19.4. The van der Waals surface area contributed by atoms with Crippen LogP contribution < -0.4 is 5.32 Å². The Morgan fingerprint density at radius 1 is 1.11 bits per heavy atom. The number of halogens is 3. The summed E-state index contributed by atoms with van der Waals surface area (Å²) in [6, 6.07) is 11.7. The van der Waals surface area contributed by atoms with Gasteiger partial charge in [0.05, 0.1) is 16.9 Å². The smallest absolute Gasteiger partial charge is 0.475 e. The van der Waals surface area contributed by atoms with Gasteiger partial charge in [-0.05, 0) is 57.2 Å². The van der Waals surface area contributed by atoms with E-state index in [1.165, 1.54) is 0 Å². The number of carboxylic acid groups (broad SMARTS) is 1. The number of hydrogen-bond acceptors (Lipinski definition) is 8. The van der Waals surface area contributed by atoms with Crippen molar-refractivity contribution >= 4 is 17.5 Å². The Kier molecular flexibility index (Phi) is 7.23. The van der Waals surface area contributed by atoms with Gasteiger partial charge in [-0.25, -0.2) is 19.4 Å². The number of alkyl halides is 3. The van der Waals surface area contributed by atoms with Crippen molar-refractivity contribution in [3.8, 4) is 28.1 Å². The molecule has 5 rings (SSSR count). The topological polar surface area (TPSA) is 148 Å². The summed E-state index contributed by atoms with van der Waals surface area (Å²) in [6.07, 6.45) is 0.0117. The molecule has 0 aliphatic carbocycles. The van der Waals surface area contributed by atoms with E-state index in [4.69, 9.17) is 14.4 Å². The van der Waals surface area contributed by atoms with E-state index in [2.05, 4.69) is 35.7 Å². The van der Waals surface area contributed by atoms with E-state index < -0.39 is 12.1 Å². The lowest BCUT2D eigenvalue weighted by atomic mass is 10.0. The molecule has 5 aromatic rings. The molecule has 0 unspecified atom stereocenters. The average molecular weight is 526 g/mol. The summed E-state index contributed by atoms with van der Waals surface area (Å²) in [7, 11) is 0. The number of rotatable bonds is 5. The molecule has 4 heterocycles. The van der Waals surface area contributed by atoms with Crippen LogP contribution in [0.15, 0.2) is 59.7 Å². The predicted octanol–water partition coefficient (Wildman–Crippen LogP) is 5.01. The van der Waals surface area contributed by atoms with Crippen LogP contribution in [0.5, 0.6) is 0 Å². The summed E-state index contributed by atoms with van der Waals surface area (Å²) in [5, 5.41) is 26.3. The summed E-state index contributed by atoms with van der Waals surface area (Å²) in [6.45, 7) is 5.80. The number of anilines is 2. The van der Waals surface area contributed by atoms with Gasteiger partial charge in [0, 0.05) is 28.7 Å². The SMILES string of the molecule is Cc1ncn(-c2ccc(Nc3cc(-c4nocc4-c4c(C)n[nH]c4C)ccn3)cc2)n1.O=C(O)C(F)(F)F. The van der Waals surface area contributed by atoms with Crippen molar-refractivity contribution in [1.29, 1.82) is 0 Å². The van der Waals surface area contributed by atoms with E-state index in [-0.39, 0.29) is 0 Å². The van der Waals surface area contributed by atoms with Crippen molar-refractivity contribution in [2.24, 2.45) is 0 Å². The molecule has 0 aliphatic heterocycles. The third-order valence-corrected chi connectivity index (χ3v) is 5.25. The number of pyridine rings is 1. The fraction of sp³-hybridized carbons (Fsp3) is 0.167. The lowest BCUT2D eigenvalue weighted by Gasteiger charge is -2.08. The zero-order valence-corrected chi connectivity index (χ0v) is 20.3. The number of carbonyl (C=O) groups is 1. The minimum Gasteiger partial charge on any atom is -0.475 e. The first-order valence-corrected chi connectivity index (χ1v) is 11.0. The van der Waals surface area contributed by atoms with E-state index in [9.17, 15) is 13.2 Å². The molecule has 38 heavy (non-hydrogen) atoms. The number of H-pyrrole nitrogens is 1. The van der Waals surface area contributed by atoms with Crippen LogP contribution in [0.2, 0.25) is 0 Å². The van der Waals surface area contributed by atoms with E-state index in [1.807, 2.05) is 57.2 Å². The zero-order chi connectivity index (χ0) is 27.4. The third kappa shape index (κ3) is 5.86. The lowest BCUT2D eigenvalue weighted by Crippen LogP contribution is -2.21. The van der Waals surface area contributed by atoms with Crippen molar-refractivity contribution in [2.45, 2.75) is 26.9 Å². The number of hydrogen-bond donors (Lipinski definition) is 3. The normalized spacial score (nSPS) is 11.1. The number of nitrogens with zero attached hydrogens (tertiary/aromatic N) is 6. The molecular formula is C24H21F3N8O3. The molecule has 0 fully saturated rings. The Hall–Kier alpha value is -5.01. The van der Waals surface area contributed by atoms with Crippen LogP contribution in [0.3, 0.4) is 0 Å². The molecule has 14 heteroatoms. The highest BCUT2D eigenvalue weighted by Crippen LogP contribution is 2.35. The van der Waals surface area contributed by atoms with Gasteiger partial charge >= 0.3 is 12.1 Å². The zero-order valence-electron chi connectivity index (χ0n) is 20.3. The molecule has 11 nitrogen and oxygen atoms in total. The van der Waals surface area contributed by atoms with Crippen molar-refractivity contribution in [2.75, 3.05) is 5.32 Å². The van der Waals surface area contributed by atoms with Crippen LogP contribution >= 0.6 is 0 Å². The van der Waals surface area contributed by atoms with Gasteiger partial charge in [-0.3, -0.25) is 5.10 Å². The molecule has 0 amide bonds. The fourth-order valence-electron chi connectivity index (χ4n) is 3.53. The van der Waals surface area contributed by atoms with Gasteiger partial charge in [0.2, 0.25) is 0 Å². The van der Waals surface area contributed by atoms with Crippen LogP contribution in [-0.4, -0.2) is 52.4 Å². The summed E-state index contributed by atoms with van der Waals surface area (Å²) < 4.78 is 38.8. The van der Waals surface area contributed by atoms with Crippen LogP contribution in [0, 0.1) is 20.8 Å². The van der Waals surface area contributed by atoms with Crippen LogP contribution in [0.25, 0.3) is 28.1 Å². The van der Waals surface area contributed by atoms with Gasteiger partial charge in [-0.2, -0.15) is 23.4 Å². The number of nitrogens with one attached hydrogen (secondary N) is 2. The van der Waals surface area contributed by atoms with Crippen molar-refractivity contribution in [1.82, 2.24) is 35.1 Å². The van der Waals surface area contributed by atoms with Gasteiger partial charge in [0.15, 0.2) is 0 Å². The second-order valence-electron chi connectivity index (χ2n) is 8.03. The Balaban J connectivity index is 0.000000426. The summed E-state index contributed by atoms with van der Waals surface area (Å²) >= 11 is 0. The molecule has 0 spiro atoms. The fourth-order valence-corrected chi connectivity index (χ4v) is 3.53. The molecule has 0 radical (unpaired) electrons. The summed E-state index contributed by atoms with van der Waals surface area (Å²) in [5.74, 6) is -1.32. The molecule has 3 N–H and O–H groups in total. The van der Waals surface area contributed by atoms with E-state index in [0.717, 1.165) is 51.0 Å². The molecular weight excluding hydrogens is 505 g/mol. The maximum absolute atomic E-state index is 10.6. The number of aromatic nitrogens is 7. The predicted molar refractivity (Wildman–Crippen MR) is 130 cm³/mol. The molecule has 4 aromatic heterocycles. The molecule has 0 aliphatic rings. The molecule has 1 aromatic carbocycles. The van der Waals surface area contributed by atoms with Crippen molar-refractivity contribution < 1.29 is 27.6 Å². The van der Waals surface area contributed by atoms with Gasteiger partial charge in [0.25, 0.3) is 0 Å². The average Bonchev–Trinajstić information content (AvgIpc) is 3.60. The highest BCUT2D eigenvalue weighted by molar-refractivity contribution is 5.83. The highest BCUT2D eigenvalue weighted by Gasteiger charge is 2.38. The van der Waals surface area contributed by atoms with Crippen LogP contribution in [-0.2, 0) is 4.79 Å². The summed E-state index contributed by atoms with van der Waals surface area (Å²) in [4.78, 5) is 17.5. The number of carboxylic acids is 1. The van der Waals surface area contributed by atoms with Crippen LogP contribution in [0.1, 0.15) is 17.2 Å². The molecule has 0 saturated carbocycles. The first-order valence-electron chi connectivity index (χ1n) is 11.0. The largest absolute Gasteiger partial charge is 0.490 e. The number of benzene rings is 1. The van der Waals surface area contributed by atoms with E-state index in [1.54, 1.807) is 23.5 Å². The van der Waals surface area contributed by atoms with Gasteiger partial charge in [-0.15, -0.1) is 0 Å². The number of aromatic amines is 1. The Labute approximate surface area is 213 Å². The number of aryl methyl sites for hydroxylation is 3. The molecule has 0 bridgehead atoms. The Morgan fingerprint density at radius 3 is 2.39 bits per heavy atom. The van der Waals surface area contributed by atoms with Crippen LogP contribution in [0.4, 0.5) is 24.7 Å². The standard InChI is InChI=1S/C22H20N8O.C2HF3O2/c1-13-21(14(2)27-26-13)19-11-31-29-22(19)16-8-9-23-20(10-16)25-17-4-6-18(7-5-17)30-12-24-15(3)28-30;3-2(4,5)1(6)7/h4-12H,1-3H3,(H,23,25)(H,26,27);(H,6,7).